The summed E-state index contributed by atoms with van der Waals surface area (Å²) in [6, 6.07) is 8.37. The molecule has 0 saturated carbocycles. The average molecular weight is 328 g/mol. The zero-order valence-corrected chi connectivity index (χ0v) is 13.4. The molecule has 0 radical (unpaired) electrons. The predicted molar refractivity (Wildman–Crippen MR) is 90.5 cm³/mol. The highest BCUT2D eigenvalue weighted by atomic mass is 35.5. The van der Waals surface area contributed by atoms with E-state index in [1.807, 2.05) is 30.6 Å². The summed E-state index contributed by atoms with van der Waals surface area (Å²) < 4.78 is 2.10. The fourth-order valence-corrected chi connectivity index (χ4v) is 3.47. The van der Waals surface area contributed by atoms with E-state index >= 15 is 0 Å². The molecule has 2 aromatic heterocycles. The molecule has 1 atom stereocenters. The second-order valence-corrected chi connectivity index (χ2v) is 6.17. The van der Waals surface area contributed by atoms with Crippen molar-refractivity contribution in [2.75, 3.05) is 19.6 Å². The minimum absolute atomic E-state index is 0.268. The third-order valence-corrected chi connectivity index (χ3v) is 4.72. The first kappa shape index (κ1) is 14.6. The van der Waals surface area contributed by atoms with Crippen LogP contribution in [0.15, 0.2) is 49.1 Å². The van der Waals surface area contributed by atoms with E-state index in [2.05, 4.69) is 30.7 Å². The number of rotatable bonds is 3. The average Bonchev–Trinajstić information content (AvgIpc) is 2.99. The lowest BCUT2D eigenvalue weighted by atomic mass is 10.0. The van der Waals surface area contributed by atoms with Crippen LogP contribution in [0.5, 0.6) is 0 Å². The first-order valence-electron chi connectivity index (χ1n) is 7.78. The second-order valence-electron chi connectivity index (χ2n) is 5.77. The number of piperazine rings is 1. The highest BCUT2D eigenvalue weighted by Gasteiger charge is 2.26. The van der Waals surface area contributed by atoms with Crippen molar-refractivity contribution in [1.82, 2.24) is 24.6 Å². The molecule has 0 bridgehead atoms. The Morgan fingerprint density at radius 1 is 1.26 bits per heavy atom. The van der Waals surface area contributed by atoms with Gasteiger partial charge in [-0.25, -0.2) is 4.98 Å². The van der Waals surface area contributed by atoms with Gasteiger partial charge in [0.05, 0.1) is 18.1 Å². The zero-order chi connectivity index (χ0) is 15.6. The van der Waals surface area contributed by atoms with Gasteiger partial charge in [-0.05, 0) is 11.6 Å². The van der Waals surface area contributed by atoms with E-state index in [0.717, 1.165) is 36.8 Å². The fraction of sp³-hybridized carbons (Fsp3) is 0.294. The van der Waals surface area contributed by atoms with Crippen molar-refractivity contribution in [2.45, 2.75) is 12.6 Å². The molecule has 118 valence electrons. The second kappa shape index (κ2) is 6.28. The van der Waals surface area contributed by atoms with Crippen LogP contribution in [0.1, 0.15) is 17.3 Å². The first-order valence-corrected chi connectivity index (χ1v) is 8.16. The van der Waals surface area contributed by atoms with E-state index < -0.39 is 0 Å². The van der Waals surface area contributed by atoms with Crippen LogP contribution in [-0.4, -0.2) is 38.9 Å². The number of aromatic nitrogens is 3. The van der Waals surface area contributed by atoms with Gasteiger partial charge in [-0.2, -0.15) is 0 Å². The van der Waals surface area contributed by atoms with Gasteiger partial charge in [-0.3, -0.25) is 14.3 Å². The topological polar surface area (TPSA) is 45.5 Å². The largest absolute Gasteiger partial charge is 0.314 e. The lowest BCUT2D eigenvalue weighted by molar-refractivity contribution is 0.151. The quantitative estimate of drug-likeness (QED) is 0.803. The Morgan fingerprint density at radius 3 is 3.09 bits per heavy atom. The Morgan fingerprint density at radius 2 is 2.17 bits per heavy atom. The molecule has 5 nitrogen and oxygen atoms in total. The molecule has 1 aliphatic rings. The molecule has 23 heavy (non-hydrogen) atoms. The molecule has 1 aromatic carbocycles. The number of fused-ring (bicyclic) bond motifs is 1. The summed E-state index contributed by atoms with van der Waals surface area (Å²) in [7, 11) is 0. The Balaban J connectivity index is 1.65. The van der Waals surface area contributed by atoms with Crippen molar-refractivity contribution < 1.29 is 0 Å². The van der Waals surface area contributed by atoms with Crippen LogP contribution >= 0.6 is 11.6 Å². The molecule has 0 aliphatic carbocycles. The highest BCUT2D eigenvalue weighted by molar-refractivity contribution is 6.31. The molecule has 0 amide bonds. The number of nitrogens with one attached hydrogen (secondary N) is 1. The first-order chi connectivity index (χ1) is 11.3. The van der Waals surface area contributed by atoms with Crippen molar-refractivity contribution in [3.63, 3.8) is 0 Å². The number of hydrogen-bond acceptors (Lipinski definition) is 4. The number of benzene rings is 1. The van der Waals surface area contributed by atoms with E-state index in [4.69, 9.17) is 11.6 Å². The molecule has 3 aromatic rings. The van der Waals surface area contributed by atoms with Crippen molar-refractivity contribution in [3.8, 4) is 0 Å². The number of imidazole rings is 1. The Labute approximate surface area is 139 Å². The van der Waals surface area contributed by atoms with Crippen LogP contribution in [0.3, 0.4) is 0 Å². The summed E-state index contributed by atoms with van der Waals surface area (Å²) in [6.45, 7) is 3.71. The van der Waals surface area contributed by atoms with Crippen LogP contribution in [0.25, 0.3) is 5.65 Å². The normalized spacial score (nSPS) is 19.3. The smallest absolute Gasteiger partial charge is 0.155 e. The molecule has 0 spiro atoms. The monoisotopic (exact) mass is 327 g/mol. The molecular weight excluding hydrogens is 310 g/mol. The maximum absolute atomic E-state index is 6.42. The molecule has 6 heteroatoms. The molecule has 3 heterocycles. The van der Waals surface area contributed by atoms with Gasteiger partial charge in [-0.1, -0.05) is 29.8 Å². The van der Waals surface area contributed by atoms with Crippen LogP contribution in [0.4, 0.5) is 0 Å². The summed E-state index contributed by atoms with van der Waals surface area (Å²) in [6.07, 6.45) is 7.47. The Bertz CT molecular complexity index is 815. The predicted octanol–water partition coefficient (Wildman–Crippen LogP) is 2.53. The van der Waals surface area contributed by atoms with Crippen LogP contribution < -0.4 is 5.32 Å². The maximum Gasteiger partial charge on any atom is 0.155 e. The third-order valence-electron chi connectivity index (χ3n) is 4.38. The van der Waals surface area contributed by atoms with Gasteiger partial charge >= 0.3 is 0 Å². The highest BCUT2D eigenvalue weighted by Crippen LogP contribution is 2.29. The maximum atomic E-state index is 6.42. The van der Waals surface area contributed by atoms with E-state index in [9.17, 15) is 0 Å². The van der Waals surface area contributed by atoms with Crippen molar-refractivity contribution >= 4 is 17.2 Å². The summed E-state index contributed by atoms with van der Waals surface area (Å²) >= 11 is 6.42. The fourth-order valence-electron chi connectivity index (χ4n) is 3.21. The van der Waals surface area contributed by atoms with Gasteiger partial charge in [0.1, 0.15) is 0 Å². The van der Waals surface area contributed by atoms with E-state index in [-0.39, 0.29) is 6.04 Å². The Hall–Kier alpha value is -1.95. The summed E-state index contributed by atoms with van der Waals surface area (Å²) in [4.78, 5) is 11.0. The van der Waals surface area contributed by atoms with Gasteiger partial charge < -0.3 is 5.32 Å². The van der Waals surface area contributed by atoms with Gasteiger partial charge in [0, 0.05) is 49.6 Å². The molecule has 4 rings (SSSR count). The van der Waals surface area contributed by atoms with Crippen molar-refractivity contribution in [2.24, 2.45) is 0 Å². The molecule has 1 fully saturated rings. The van der Waals surface area contributed by atoms with Crippen LogP contribution in [-0.2, 0) is 6.54 Å². The molecular formula is C17H18ClN5. The van der Waals surface area contributed by atoms with Crippen molar-refractivity contribution in [1.29, 1.82) is 0 Å². The van der Waals surface area contributed by atoms with E-state index in [1.54, 1.807) is 12.4 Å². The zero-order valence-electron chi connectivity index (χ0n) is 12.7. The third kappa shape index (κ3) is 2.83. The molecule has 1 saturated heterocycles. The van der Waals surface area contributed by atoms with E-state index in [1.165, 1.54) is 11.3 Å². The van der Waals surface area contributed by atoms with Gasteiger partial charge in [0.2, 0.25) is 0 Å². The minimum atomic E-state index is 0.268. The summed E-state index contributed by atoms with van der Waals surface area (Å²) in [5, 5.41) is 4.30. The number of nitrogens with zero attached hydrogens (tertiary/aromatic N) is 4. The lowest BCUT2D eigenvalue weighted by Gasteiger charge is -2.36. The van der Waals surface area contributed by atoms with E-state index in [0.29, 0.717) is 0 Å². The van der Waals surface area contributed by atoms with Crippen LogP contribution in [0.2, 0.25) is 5.02 Å². The van der Waals surface area contributed by atoms with Gasteiger partial charge in [0.15, 0.2) is 5.65 Å². The molecule has 1 unspecified atom stereocenters. The Kier molecular flexibility index (Phi) is 3.99. The lowest BCUT2D eigenvalue weighted by Crippen LogP contribution is -2.45. The summed E-state index contributed by atoms with van der Waals surface area (Å²) in [5.41, 5.74) is 3.23. The molecule has 1 N–H and O–H groups in total. The summed E-state index contributed by atoms with van der Waals surface area (Å²) in [5.74, 6) is 0. The van der Waals surface area contributed by atoms with Crippen LogP contribution in [0, 0.1) is 0 Å². The number of halogens is 1. The SMILES string of the molecule is Clc1ccccc1C1CNCCN1Cc1cnc2cnccn12. The van der Waals surface area contributed by atoms with Gasteiger partial charge in [0.25, 0.3) is 0 Å². The number of hydrogen-bond donors (Lipinski definition) is 1. The molecule has 1 aliphatic heterocycles. The minimum Gasteiger partial charge on any atom is -0.314 e. The standard InChI is InChI=1S/C17H18ClN5/c18-15-4-2-1-3-14(15)16-10-19-5-7-22(16)12-13-9-21-17-11-20-6-8-23(13)17/h1-4,6,8-9,11,16,19H,5,7,10,12H2. The van der Waals surface area contributed by atoms with Crippen molar-refractivity contribution in [3.05, 3.63) is 65.3 Å². The van der Waals surface area contributed by atoms with Gasteiger partial charge in [-0.15, -0.1) is 0 Å².